The van der Waals surface area contributed by atoms with Gasteiger partial charge in [0.15, 0.2) is 5.82 Å². The maximum Gasteiger partial charge on any atom is 0.162 e. The van der Waals surface area contributed by atoms with Crippen molar-refractivity contribution in [1.82, 2.24) is 14.5 Å². The Morgan fingerprint density at radius 2 is 0.612 bits per heavy atom. The monoisotopic (exact) mass is 853 g/mol. The molecule has 0 saturated carbocycles. The van der Waals surface area contributed by atoms with E-state index in [0.717, 1.165) is 66.7 Å². The van der Waals surface area contributed by atoms with Crippen LogP contribution >= 0.6 is 0 Å². The molecule has 0 unspecified atom stereocenters. The second kappa shape index (κ2) is 17.2. The van der Waals surface area contributed by atoms with Gasteiger partial charge in [0.05, 0.1) is 16.6 Å². The first kappa shape index (κ1) is 39.7. The van der Waals surface area contributed by atoms with Crippen molar-refractivity contribution < 1.29 is 0 Å². The number of benzene rings is 10. The van der Waals surface area contributed by atoms with Gasteiger partial charge in [-0.05, 0) is 121 Å². The van der Waals surface area contributed by atoms with E-state index < -0.39 is 0 Å². The molecular formula is C64H43N3. The number of aromatic nitrogens is 3. The first-order valence-electron chi connectivity index (χ1n) is 22.8. The van der Waals surface area contributed by atoms with Crippen molar-refractivity contribution in [3.05, 3.63) is 261 Å². The van der Waals surface area contributed by atoms with E-state index in [1.807, 2.05) is 0 Å². The summed E-state index contributed by atoms with van der Waals surface area (Å²) in [5.41, 5.74) is 20.0. The third-order valence-corrected chi connectivity index (χ3v) is 12.8. The van der Waals surface area contributed by atoms with Gasteiger partial charge in [-0.2, -0.15) is 0 Å². The highest BCUT2D eigenvalue weighted by molar-refractivity contribution is 6.14. The minimum Gasteiger partial charge on any atom is -0.294 e. The van der Waals surface area contributed by atoms with Crippen LogP contribution in [0.1, 0.15) is 0 Å². The van der Waals surface area contributed by atoms with Gasteiger partial charge in [0.2, 0.25) is 0 Å². The van der Waals surface area contributed by atoms with Crippen molar-refractivity contribution in [2.45, 2.75) is 0 Å². The number of para-hydroxylation sites is 2. The Labute approximate surface area is 390 Å². The SMILES string of the molecule is c1ccc(-c2cc(-c3ccccc3)cc(-c3cccc(-c4cccc(-c5ccc(-c6nc(-c7cccc(-c8ccccc8)c7)c7c8ccccc8n(-c8ccccc8)c7n6)cc5)c4)c3)c2)cc1. The maximum absolute atomic E-state index is 5.44. The zero-order valence-electron chi connectivity index (χ0n) is 36.7. The molecule has 0 fully saturated rings. The lowest BCUT2D eigenvalue weighted by molar-refractivity contribution is 1.11. The van der Waals surface area contributed by atoms with E-state index >= 15 is 0 Å². The third kappa shape index (κ3) is 7.69. The molecule has 0 N–H and O–H groups in total. The van der Waals surface area contributed by atoms with Crippen molar-refractivity contribution in [3.8, 4) is 95.1 Å². The van der Waals surface area contributed by atoms with Crippen molar-refractivity contribution >= 4 is 21.9 Å². The van der Waals surface area contributed by atoms with Crippen LogP contribution in [0.2, 0.25) is 0 Å². The fourth-order valence-electron chi connectivity index (χ4n) is 9.46. The van der Waals surface area contributed by atoms with E-state index in [9.17, 15) is 0 Å². The summed E-state index contributed by atoms with van der Waals surface area (Å²) in [6, 6.07) is 93.0. The van der Waals surface area contributed by atoms with Crippen molar-refractivity contribution in [2.75, 3.05) is 0 Å². The van der Waals surface area contributed by atoms with Gasteiger partial charge in [-0.3, -0.25) is 4.57 Å². The van der Waals surface area contributed by atoms with Crippen LogP contribution in [-0.4, -0.2) is 14.5 Å². The molecule has 67 heavy (non-hydrogen) atoms. The van der Waals surface area contributed by atoms with E-state index in [1.54, 1.807) is 0 Å². The summed E-state index contributed by atoms with van der Waals surface area (Å²) in [5.74, 6) is 0.677. The summed E-state index contributed by atoms with van der Waals surface area (Å²) in [5, 5.41) is 2.15. The van der Waals surface area contributed by atoms with Crippen LogP contribution in [0.25, 0.3) is 117 Å². The van der Waals surface area contributed by atoms with Gasteiger partial charge in [0.1, 0.15) is 5.65 Å². The third-order valence-electron chi connectivity index (χ3n) is 12.8. The Hall–Kier alpha value is -8.92. The Bertz CT molecular complexity index is 3650. The predicted octanol–water partition coefficient (Wildman–Crippen LogP) is 16.9. The van der Waals surface area contributed by atoms with Crippen LogP contribution in [0.15, 0.2) is 261 Å². The molecule has 0 amide bonds. The van der Waals surface area contributed by atoms with Gasteiger partial charge in [-0.25, -0.2) is 9.97 Å². The minimum absolute atomic E-state index is 0.677. The molecule has 2 aromatic heterocycles. The van der Waals surface area contributed by atoms with E-state index in [2.05, 4.69) is 265 Å². The zero-order valence-corrected chi connectivity index (χ0v) is 36.7. The maximum atomic E-state index is 5.44. The highest BCUT2D eigenvalue weighted by atomic mass is 15.1. The molecule has 0 aliphatic carbocycles. The number of rotatable bonds is 9. The van der Waals surface area contributed by atoms with Crippen LogP contribution in [-0.2, 0) is 0 Å². The average Bonchev–Trinajstić information content (AvgIpc) is 3.76. The topological polar surface area (TPSA) is 30.7 Å². The molecule has 12 rings (SSSR count). The number of fused-ring (bicyclic) bond motifs is 3. The molecule has 0 atom stereocenters. The summed E-state index contributed by atoms with van der Waals surface area (Å²) < 4.78 is 2.28. The molecule has 3 nitrogen and oxygen atoms in total. The average molecular weight is 854 g/mol. The van der Waals surface area contributed by atoms with Crippen molar-refractivity contribution in [1.29, 1.82) is 0 Å². The molecule has 10 aromatic carbocycles. The Morgan fingerprint density at radius 1 is 0.254 bits per heavy atom. The van der Waals surface area contributed by atoms with Gasteiger partial charge in [-0.15, -0.1) is 0 Å². The molecule has 0 bridgehead atoms. The minimum atomic E-state index is 0.677. The molecule has 314 valence electrons. The largest absolute Gasteiger partial charge is 0.294 e. The summed E-state index contributed by atoms with van der Waals surface area (Å²) in [7, 11) is 0. The fraction of sp³-hybridized carbons (Fsp3) is 0. The van der Waals surface area contributed by atoms with E-state index in [0.29, 0.717) is 5.82 Å². The van der Waals surface area contributed by atoms with Crippen LogP contribution < -0.4 is 0 Å². The quantitative estimate of drug-likeness (QED) is 0.145. The molecule has 0 aliphatic heterocycles. The summed E-state index contributed by atoms with van der Waals surface area (Å²) >= 11 is 0. The first-order chi connectivity index (χ1) is 33.2. The van der Waals surface area contributed by atoms with Crippen molar-refractivity contribution in [2.24, 2.45) is 0 Å². The predicted molar refractivity (Wildman–Crippen MR) is 280 cm³/mol. The first-order valence-corrected chi connectivity index (χ1v) is 22.8. The lowest BCUT2D eigenvalue weighted by Crippen LogP contribution is -1.99. The summed E-state index contributed by atoms with van der Waals surface area (Å²) in [6.07, 6.45) is 0. The Morgan fingerprint density at radius 3 is 1.16 bits per heavy atom. The van der Waals surface area contributed by atoms with Crippen LogP contribution in [0.3, 0.4) is 0 Å². The van der Waals surface area contributed by atoms with Gasteiger partial charge >= 0.3 is 0 Å². The van der Waals surface area contributed by atoms with Crippen LogP contribution in [0, 0.1) is 0 Å². The summed E-state index contributed by atoms with van der Waals surface area (Å²) in [4.78, 5) is 10.9. The molecule has 3 heteroatoms. The Balaban J connectivity index is 0.927. The van der Waals surface area contributed by atoms with E-state index in [1.165, 1.54) is 44.5 Å². The van der Waals surface area contributed by atoms with Gasteiger partial charge in [0.25, 0.3) is 0 Å². The lowest BCUT2D eigenvalue weighted by Gasteiger charge is -2.13. The highest BCUT2D eigenvalue weighted by Gasteiger charge is 2.21. The van der Waals surface area contributed by atoms with Gasteiger partial charge < -0.3 is 0 Å². The van der Waals surface area contributed by atoms with Crippen molar-refractivity contribution in [3.63, 3.8) is 0 Å². The second-order valence-electron chi connectivity index (χ2n) is 17.0. The number of nitrogens with zero attached hydrogens (tertiary/aromatic N) is 3. The normalized spacial score (nSPS) is 11.3. The molecule has 0 aliphatic rings. The van der Waals surface area contributed by atoms with Gasteiger partial charge in [0, 0.05) is 22.2 Å². The second-order valence-corrected chi connectivity index (χ2v) is 17.0. The standard InChI is InChI=1S/C64H43N3/c1-5-18-44(19-6-1)50-25-17-29-54(40-50)62-61-59-32-13-14-33-60(59)67(58-30-11-4-12-31-58)64(61)66-63(65-62)48-36-34-47(35-37-48)49-24-15-26-51(38-49)52-27-16-28-53(39-52)57-42-55(45-20-7-2-8-21-45)41-56(43-57)46-22-9-3-10-23-46/h1-43H. The number of hydrogen-bond donors (Lipinski definition) is 0. The molecular weight excluding hydrogens is 811 g/mol. The van der Waals surface area contributed by atoms with Gasteiger partial charge in [-0.1, -0.05) is 206 Å². The fourth-order valence-corrected chi connectivity index (χ4v) is 9.46. The zero-order chi connectivity index (χ0) is 44.5. The van der Waals surface area contributed by atoms with Crippen LogP contribution in [0.4, 0.5) is 0 Å². The molecule has 0 saturated heterocycles. The van der Waals surface area contributed by atoms with E-state index in [4.69, 9.17) is 9.97 Å². The van der Waals surface area contributed by atoms with Crippen LogP contribution in [0.5, 0.6) is 0 Å². The summed E-state index contributed by atoms with van der Waals surface area (Å²) in [6.45, 7) is 0. The molecule has 2 heterocycles. The smallest absolute Gasteiger partial charge is 0.162 e. The molecule has 0 spiro atoms. The number of hydrogen-bond acceptors (Lipinski definition) is 2. The highest BCUT2D eigenvalue weighted by Crippen LogP contribution is 2.40. The molecule has 0 radical (unpaired) electrons. The Kier molecular flexibility index (Phi) is 10.2. The molecule has 12 aromatic rings. The van der Waals surface area contributed by atoms with E-state index in [-0.39, 0.29) is 0 Å². The lowest BCUT2D eigenvalue weighted by atomic mass is 9.92.